The van der Waals surface area contributed by atoms with Crippen molar-refractivity contribution in [1.82, 2.24) is 15.1 Å². The van der Waals surface area contributed by atoms with Crippen molar-refractivity contribution >= 4 is 16.7 Å². The monoisotopic (exact) mass is 347 g/mol. The van der Waals surface area contributed by atoms with E-state index in [9.17, 15) is 4.79 Å². The highest BCUT2D eigenvalue weighted by Gasteiger charge is 2.28. The van der Waals surface area contributed by atoms with Gasteiger partial charge in [0.25, 0.3) is 0 Å². The van der Waals surface area contributed by atoms with Crippen molar-refractivity contribution in [2.24, 2.45) is 5.92 Å². The highest BCUT2D eigenvalue weighted by molar-refractivity contribution is 5.97. The van der Waals surface area contributed by atoms with Gasteiger partial charge >= 0.3 is 0 Å². The Balaban J connectivity index is 1.70. The van der Waals surface area contributed by atoms with Gasteiger partial charge in [-0.25, -0.2) is 0 Å². The van der Waals surface area contributed by atoms with Gasteiger partial charge < -0.3 is 4.90 Å². The highest BCUT2D eigenvalue weighted by Crippen LogP contribution is 2.36. The molecule has 4 nitrogen and oxygen atoms in total. The molecule has 3 aromatic rings. The number of nitrogens with one attached hydrogen (secondary N) is 1. The lowest BCUT2D eigenvalue weighted by Crippen LogP contribution is -2.41. The predicted molar refractivity (Wildman–Crippen MR) is 105 cm³/mol. The lowest BCUT2D eigenvalue weighted by atomic mass is 9.89. The molecule has 4 rings (SSSR count). The average molecular weight is 347 g/mol. The Kier molecular flexibility index (Phi) is 4.49. The van der Waals surface area contributed by atoms with Crippen molar-refractivity contribution in [3.63, 3.8) is 0 Å². The van der Waals surface area contributed by atoms with Crippen LogP contribution in [-0.4, -0.2) is 34.1 Å². The molecule has 1 N–H and O–H groups in total. The SMILES string of the molecule is CC(C)C(=O)N1CCC[C@H](c2[nH]ncc2-c2cccc3ccccc23)C1. The number of amides is 1. The van der Waals surface area contributed by atoms with Crippen molar-refractivity contribution in [3.8, 4) is 11.1 Å². The van der Waals surface area contributed by atoms with Crippen LogP contribution in [0.25, 0.3) is 21.9 Å². The first-order chi connectivity index (χ1) is 12.6. The summed E-state index contributed by atoms with van der Waals surface area (Å²) < 4.78 is 0. The Hall–Kier alpha value is -2.62. The maximum absolute atomic E-state index is 12.4. The number of H-pyrrole nitrogens is 1. The molecular formula is C22H25N3O. The fourth-order valence-corrected chi connectivity index (χ4v) is 4.06. The molecule has 134 valence electrons. The number of rotatable bonds is 3. The summed E-state index contributed by atoms with van der Waals surface area (Å²) >= 11 is 0. The van der Waals surface area contributed by atoms with E-state index in [0.29, 0.717) is 5.92 Å². The minimum atomic E-state index is 0.0491. The summed E-state index contributed by atoms with van der Waals surface area (Å²) in [5.74, 6) is 0.608. The zero-order chi connectivity index (χ0) is 18.1. The Morgan fingerprint density at radius 1 is 1.15 bits per heavy atom. The van der Waals surface area contributed by atoms with Crippen LogP contribution >= 0.6 is 0 Å². The van der Waals surface area contributed by atoms with Gasteiger partial charge in [-0.05, 0) is 29.2 Å². The second-order valence-electron chi connectivity index (χ2n) is 7.50. The summed E-state index contributed by atoms with van der Waals surface area (Å²) in [4.78, 5) is 14.5. The van der Waals surface area contributed by atoms with Crippen LogP contribution in [0, 0.1) is 5.92 Å². The van der Waals surface area contributed by atoms with E-state index < -0.39 is 0 Å². The molecule has 0 saturated carbocycles. The van der Waals surface area contributed by atoms with Crippen molar-refractivity contribution in [1.29, 1.82) is 0 Å². The number of aromatic nitrogens is 2. The van der Waals surface area contributed by atoms with Gasteiger partial charge in [0.05, 0.1) is 6.20 Å². The molecule has 0 spiro atoms. The molecule has 1 aliphatic rings. The zero-order valence-electron chi connectivity index (χ0n) is 15.4. The van der Waals surface area contributed by atoms with Gasteiger partial charge in [-0.2, -0.15) is 5.10 Å². The molecule has 26 heavy (non-hydrogen) atoms. The van der Waals surface area contributed by atoms with Crippen LogP contribution < -0.4 is 0 Å². The number of fused-ring (bicyclic) bond motifs is 1. The molecule has 0 bridgehead atoms. The summed E-state index contributed by atoms with van der Waals surface area (Å²) in [6.45, 7) is 5.59. The topological polar surface area (TPSA) is 49.0 Å². The van der Waals surface area contributed by atoms with Crippen LogP contribution in [0.15, 0.2) is 48.7 Å². The summed E-state index contributed by atoms with van der Waals surface area (Å²) in [6.07, 6.45) is 4.05. The van der Waals surface area contributed by atoms with Gasteiger partial charge in [0.1, 0.15) is 0 Å². The van der Waals surface area contributed by atoms with Crippen LogP contribution in [0.4, 0.5) is 0 Å². The Bertz CT molecular complexity index is 923. The molecule has 0 unspecified atom stereocenters. The largest absolute Gasteiger partial charge is 0.342 e. The molecule has 1 saturated heterocycles. The minimum absolute atomic E-state index is 0.0491. The van der Waals surface area contributed by atoms with Crippen LogP contribution in [-0.2, 0) is 4.79 Å². The molecule has 4 heteroatoms. The number of hydrogen-bond donors (Lipinski definition) is 1. The van der Waals surface area contributed by atoms with Crippen LogP contribution in [0.2, 0.25) is 0 Å². The van der Waals surface area contributed by atoms with Crippen LogP contribution in [0.5, 0.6) is 0 Å². The summed E-state index contributed by atoms with van der Waals surface area (Å²) in [6, 6.07) is 14.9. The van der Waals surface area contributed by atoms with E-state index in [4.69, 9.17) is 0 Å². The van der Waals surface area contributed by atoms with E-state index in [-0.39, 0.29) is 11.8 Å². The normalized spacial score (nSPS) is 17.8. The number of carbonyl (C=O) groups is 1. The summed E-state index contributed by atoms with van der Waals surface area (Å²) in [7, 11) is 0. The van der Waals surface area contributed by atoms with Crippen molar-refractivity contribution in [3.05, 3.63) is 54.4 Å². The molecule has 1 amide bonds. The summed E-state index contributed by atoms with van der Waals surface area (Å²) in [5.41, 5.74) is 3.52. The van der Waals surface area contributed by atoms with Crippen molar-refractivity contribution in [2.45, 2.75) is 32.6 Å². The number of benzene rings is 2. The summed E-state index contributed by atoms with van der Waals surface area (Å²) in [5, 5.41) is 10.1. The average Bonchev–Trinajstić information content (AvgIpc) is 3.16. The second kappa shape index (κ2) is 6.94. The Labute approximate surface area is 154 Å². The first-order valence-electron chi connectivity index (χ1n) is 9.45. The smallest absolute Gasteiger partial charge is 0.225 e. The molecule has 0 radical (unpaired) electrons. The maximum atomic E-state index is 12.4. The maximum Gasteiger partial charge on any atom is 0.225 e. The van der Waals surface area contributed by atoms with Crippen LogP contribution in [0.1, 0.15) is 38.3 Å². The van der Waals surface area contributed by atoms with Crippen molar-refractivity contribution in [2.75, 3.05) is 13.1 Å². The third kappa shape index (κ3) is 3.00. The van der Waals surface area contributed by atoms with E-state index in [1.54, 1.807) is 0 Å². The van der Waals surface area contributed by atoms with E-state index in [2.05, 4.69) is 52.7 Å². The number of aromatic amines is 1. The molecule has 1 fully saturated rings. The fourth-order valence-electron chi connectivity index (χ4n) is 4.06. The fraction of sp³-hybridized carbons (Fsp3) is 0.364. The number of likely N-dealkylation sites (tertiary alicyclic amines) is 1. The van der Waals surface area contributed by atoms with Gasteiger partial charge in [0, 0.05) is 36.2 Å². The number of nitrogens with zero attached hydrogens (tertiary/aromatic N) is 2. The first kappa shape index (κ1) is 16.8. The molecule has 0 aliphatic carbocycles. The zero-order valence-corrected chi connectivity index (χ0v) is 15.4. The van der Waals surface area contributed by atoms with Gasteiger partial charge in [-0.15, -0.1) is 0 Å². The predicted octanol–water partition coefficient (Wildman–Crippen LogP) is 4.59. The minimum Gasteiger partial charge on any atom is -0.342 e. The lowest BCUT2D eigenvalue weighted by molar-refractivity contribution is -0.135. The van der Waals surface area contributed by atoms with E-state index >= 15 is 0 Å². The standard InChI is InChI=1S/C22H25N3O/c1-15(2)22(26)25-12-6-9-17(14-25)21-20(13-23-24-21)19-11-5-8-16-7-3-4-10-18(16)19/h3-5,7-8,10-11,13,15,17H,6,9,12,14H2,1-2H3,(H,23,24)/t17-/m0/s1. The quantitative estimate of drug-likeness (QED) is 0.753. The molecule has 2 aromatic carbocycles. The lowest BCUT2D eigenvalue weighted by Gasteiger charge is -2.34. The van der Waals surface area contributed by atoms with Gasteiger partial charge in [-0.3, -0.25) is 9.89 Å². The Morgan fingerprint density at radius 2 is 1.96 bits per heavy atom. The molecule has 2 heterocycles. The highest BCUT2D eigenvalue weighted by atomic mass is 16.2. The third-order valence-electron chi connectivity index (χ3n) is 5.38. The third-order valence-corrected chi connectivity index (χ3v) is 5.38. The Morgan fingerprint density at radius 3 is 2.81 bits per heavy atom. The van der Waals surface area contributed by atoms with Crippen LogP contribution in [0.3, 0.4) is 0 Å². The van der Waals surface area contributed by atoms with E-state index in [0.717, 1.165) is 37.2 Å². The number of piperidine rings is 1. The van der Waals surface area contributed by atoms with Crippen molar-refractivity contribution < 1.29 is 4.79 Å². The van der Waals surface area contributed by atoms with E-state index in [1.807, 2.05) is 24.9 Å². The number of hydrogen-bond acceptors (Lipinski definition) is 2. The van der Waals surface area contributed by atoms with E-state index in [1.165, 1.54) is 16.3 Å². The molecule has 1 aliphatic heterocycles. The molecular weight excluding hydrogens is 322 g/mol. The number of carbonyl (C=O) groups excluding carboxylic acids is 1. The van der Waals surface area contributed by atoms with Gasteiger partial charge in [0.15, 0.2) is 0 Å². The first-order valence-corrected chi connectivity index (χ1v) is 9.45. The van der Waals surface area contributed by atoms with Gasteiger partial charge in [-0.1, -0.05) is 56.3 Å². The van der Waals surface area contributed by atoms with Gasteiger partial charge in [0.2, 0.25) is 5.91 Å². The molecule has 1 atom stereocenters. The second-order valence-corrected chi connectivity index (χ2v) is 7.50. The molecule has 1 aromatic heterocycles.